The van der Waals surface area contributed by atoms with E-state index in [1.54, 1.807) is 18.6 Å². The Bertz CT molecular complexity index is 527. The van der Waals surface area contributed by atoms with E-state index in [1.807, 2.05) is 7.05 Å². The minimum absolute atomic E-state index is 0. The SMILES string of the molecule is CNCCCNC(=O)CCc1nc(-c2ccoc2)no1.Cl. The van der Waals surface area contributed by atoms with E-state index >= 15 is 0 Å². The fourth-order valence-corrected chi connectivity index (χ4v) is 1.67. The van der Waals surface area contributed by atoms with E-state index in [0.717, 1.165) is 18.5 Å². The molecule has 0 aliphatic heterocycles. The lowest BCUT2D eigenvalue weighted by atomic mass is 10.3. The van der Waals surface area contributed by atoms with E-state index in [9.17, 15) is 4.79 Å². The number of aryl methyl sites for hydroxylation is 1. The summed E-state index contributed by atoms with van der Waals surface area (Å²) in [4.78, 5) is 15.8. The number of nitrogens with one attached hydrogen (secondary N) is 2. The Morgan fingerprint density at radius 3 is 2.95 bits per heavy atom. The molecule has 0 saturated heterocycles. The minimum Gasteiger partial charge on any atom is -0.472 e. The van der Waals surface area contributed by atoms with Crippen molar-refractivity contribution in [3.8, 4) is 11.4 Å². The summed E-state index contributed by atoms with van der Waals surface area (Å²) in [5.74, 6) is 0.916. The summed E-state index contributed by atoms with van der Waals surface area (Å²) < 4.78 is 10.0. The number of carbonyl (C=O) groups excluding carboxylic acids is 1. The first-order chi connectivity index (χ1) is 9.79. The van der Waals surface area contributed by atoms with Gasteiger partial charge in [0.15, 0.2) is 0 Å². The molecule has 0 bridgehead atoms. The molecular weight excluding hydrogens is 296 g/mol. The Kier molecular flexibility index (Phi) is 7.49. The fourth-order valence-electron chi connectivity index (χ4n) is 1.67. The number of furan rings is 1. The predicted octanol–water partition coefficient (Wildman–Crippen LogP) is 1.41. The Hall–Kier alpha value is -1.86. The molecule has 0 saturated carbocycles. The molecule has 0 aliphatic rings. The second-order valence-corrected chi connectivity index (χ2v) is 4.33. The van der Waals surface area contributed by atoms with Gasteiger partial charge in [-0.1, -0.05) is 5.16 Å². The van der Waals surface area contributed by atoms with Gasteiger partial charge in [0.1, 0.15) is 6.26 Å². The van der Waals surface area contributed by atoms with Gasteiger partial charge in [0.2, 0.25) is 17.6 Å². The second-order valence-electron chi connectivity index (χ2n) is 4.33. The van der Waals surface area contributed by atoms with E-state index in [2.05, 4.69) is 20.8 Å². The number of amides is 1. The van der Waals surface area contributed by atoms with Gasteiger partial charge in [-0.2, -0.15) is 4.98 Å². The third-order valence-corrected chi connectivity index (χ3v) is 2.74. The molecule has 2 rings (SSSR count). The lowest BCUT2D eigenvalue weighted by molar-refractivity contribution is -0.121. The molecule has 0 fully saturated rings. The molecule has 8 heteroatoms. The molecule has 0 spiro atoms. The summed E-state index contributed by atoms with van der Waals surface area (Å²) in [5, 5.41) is 9.70. The third-order valence-electron chi connectivity index (χ3n) is 2.74. The van der Waals surface area contributed by atoms with Crippen molar-refractivity contribution in [3.05, 3.63) is 24.5 Å². The Balaban J connectivity index is 0.00000220. The van der Waals surface area contributed by atoms with Crippen molar-refractivity contribution >= 4 is 18.3 Å². The molecule has 2 aromatic rings. The van der Waals surface area contributed by atoms with Crippen LogP contribution in [0.1, 0.15) is 18.7 Å². The maximum absolute atomic E-state index is 11.6. The molecule has 2 aromatic heterocycles. The normalized spacial score (nSPS) is 10.1. The topological polar surface area (TPSA) is 93.2 Å². The largest absolute Gasteiger partial charge is 0.472 e. The van der Waals surface area contributed by atoms with Gasteiger partial charge in [0, 0.05) is 19.4 Å². The molecule has 2 N–H and O–H groups in total. The summed E-state index contributed by atoms with van der Waals surface area (Å²) in [5.41, 5.74) is 0.761. The zero-order valence-electron chi connectivity index (χ0n) is 11.8. The Labute approximate surface area is 128 Å². The first kappa shape index (κ1) is 17.2. The molecule has 0 aliphatic carbocycles. The van der Waals surface area contributed by atoms with Crippen molar-refractivity contribution in [3.63, 3.8) is 0 Å². The highest BCUT2D eigenvalue weighted by molar-refractivity contribution is 5.85. The van der Waals surface area contributed by atoms with Crippen LogP contribution >= 0.6 is 12.4 Å². The van der Waals surface area contributed by atoms with Gasteiger partial charge in [0.05, 0.1) is 11.8 Å². The lowest BCUT2D eigenvalue weighted by Gasteiger charge is -2.03. The molecule has 21 heavy (non-hydrogen) atoms. The Morgan fingerprint density at radius 2 is 2.24 bits per heavy atom. The van der Waals surface area contributed by atoms with Crippen LogP contribution < -0.4 is 10.6 Å². The number of carbonyl (C=O) groups is 1. The number of halogens is 1. The fraction of sp³-hybridized carbons (Fsp3) is 0.462. The van der Waals surface area contributed by atoms with Crippen LogP contribution in [0.3, 0.4) is 0 Å². The van der Waals surface area contributed by atoms with Gasteiger partial charge in [-0.05, 0) is 26.1 Å². The molecular formula is C13H19ClN4O3. The average Bonchev–Trinajstić information content (AvgIpc) is 3.11. The Morgan fingerprint density at radius 1 is 1.38 bits per heavy atom. The molecule has 0 aromatic carbocycles. The van der Waals surface area contributed by atoms with Crippen molar-refractivity contribution in [2.75, 3.05) is 20.1 Å². The van der Waals surface area contributed by atoms with Crippen molar-refractivity contribution < 1.29 is 13.7 Å². The molecule has 0 unspecified atom stereocenters. The number of aromatic nitrogens is 2. The lowest BCUT2D eigenvalue weighted by Crippen LogP contribution is -2.26. The summed E-state index contributed by atoms with van der Waals surface area (Å²) in [7, 11) is 1.88. The number of rotatable bonds is 8. The zero-order chi connectivity index (χ0) is 14.2. The van der Waals surface area contributed by atoms with Crippen LogP contribution in [0.25, 0.3) is 11.4 Å². The van der Waals surface area contributed by atoms with E-state index in [1.165, 1.54) is 0 Å². The number of nitrogens with zero attached hydrogens (tertiary/aromatic N) is 2. The summed E-state index contributed by atoms with van der Waals surface area (Å²) >= 11 is 0. The van der Waals surface area contributed by atoms with Gasteiger partial charge in [-0.25, -0.2) is 0 Å². The third kappa shape index (κ3) is 5.57. The monoisotopic (exact) mass is 314 g/mol. The summed E-state index contributed by atoms with van der Waals surface area (Å²) in [6.45, 7) is 1.56. The summed E-state index contributed by atoms with van der Waals surface area (Å²) in [6, 6.07) is 1.75. The van der Waals surface area contributed by atoms with Crippen molar-refractivity contribution in [1.82, 2.24) is 20.8 Å². The van der Waals surface area contributed by atoms with Gasteiger partial charge >= 0.3 is 0 Å². The predicted molar refractivity (Wildman–Crippen MR) is 79.1 cm³/mol. The highest BCUT2D eigenvalue weighted by Crippen LogP contribution is 2.16. The van der Waals surface area contributed by atoms with E-state index < -0.39 is 0 Å². The van der Waals surface area contributed by atoms with Crippen LogP contribution in [-0.4, -0.2) is 36.2 Å². The van der Waals surface area contributed by atoms with Crippen molar-refractivity contribution in [2.24, 2.45) is 0 Å². The van der Waals surface area contributed by atoms with Crippen LogP contribution in [-0.2, 0) is 11.2 Å². The standard InChI is InChI=1S/C13H18N4O3.ClH/c1-14-6-2-7-15-11(18)3-4-12-16-13(17-20-12)10-5-8-19-9-10;/h5,8-9,14H,2-4,6-7H2,1H3,(H,15,18);1H. The maximum Gasteiger partial charge on any atom is 0.227 e. The molecule has 0 radical (unpaired) electrons. The van der Waals surface area contributed by atoms with E-state index in [4.69, 9.17) is 8.94 Å². The van der Waals surface area contributed by atoms with Gasteiger partial charge < -0.3 is 19.6 Å². The number of hydrogen-bond donors (Lipinski definition) is 2. The van der Waals surface area contributed by atoms with E-state index in [0.29, 0.717) is 31.1 Å². The van der Waals surface area contributed by atoms with Gasteiger partial charge in [-0.3, -0.25) is 4.79 Å². The maximum atomic E-state index is 11.6. The average molecular weight is 315 g/mol. The molecule has 1 amide bonds. The van der Waals surface area contributed by atoms with Gasteiger partial charge in [-0.15, -0.1) is 12.4 Å². The highest BCUT2D eigenvalue weighted by atomic mass is 35.5. The van der Waals surface area contributed by atoms with Crippen LogP contribution in [0.2, 0.25) is 0 Å². The quantitative estimate of drug-likeness (QED) is 0.716. The van der Waals surface area contributed by atoms with Gasteiger partial charge in [0.25, 0.3) is 0 Å². The van der Waals surface area contributed by atoms with Crippen LogP contribution in [0.5, 0.6) is 0 Å². The number of hydrogen-bond acceptors (Lipinski definition) is 6. The first-order valence-corrected chi connectivity index (χ1v) is 6.56. The smallest absolute Gasteiger partial charge is 0.227 e. The van der Waals surface area contributed by atoms with Crippen molar-refractivity contribution in [1.29, 1.82) is 0 Å². The first-order valence-electron chi connectivity index (χ1n) is 6.56. The van der Waals surface area contributed by atoms with E-state index in [-0.39, 0.29) is 18.3 Å². The molecule has 0 atom stereocenters. The zero-order valence-corrected chi connectivity index (χ0v) is 12.6. The van der Waals surface area contributed by atoms with Crippen LogP contribution in [0, 0.1) is 0 Å². The van der Waals surface area contributed by atoms with Crippen molar-refractivity contribution in [2.45, 2.75) is 19.3 Å². The second kappa shape index (κ2) is 9.15. The summed E-state index contributed by atoms with van der Waals surface area (Å²) in [6.07, 6.45) is 4.77. The minimum atomic E-state index is -0.0100. The molecule has 7 nitrogen and oxygen atoms in total. The molecule has 2 heterocycles. The van der Waals surface area contributed by atoms with Crippen LogP contribution in [0.15, 0.2) is 27.5 Å². The van der Waals surface area contributed by atoms with Crippen LogP contribution in [0.4, 0.5) is 0 Å². The highest BCUT2D eigenvalue weighted by Gasteiger charge is 2.11. The molecule has 116 valence electrons.